The van der Waals surface area contributed by atoms with E-state index in [1.54, 1.807) is 35.0 Å². The Morgan fingerprint density at radius 1 is 1.15 bits per heavy atom. The Hall–Kier alpha value is -4.11. The minimum atomic E-state index is -5.03. The number of nitrogens with zero attached hydrogens (tertiary/aromatic N) is 3. The maximum atomic E-state index is 13.7. The van der Waals surface area contributed by atoms with E-state index in [0.717, 1.165) is 12.1 Å². The lowest BCUT2D eigenvalue weighted by Crippen LogP contribution is -2.35. The molecule has 3 N–H and O–H groups in total. The Balaban J connectivity index is 1.61. The quantitative estimate of drug-likeness (QED) is 0.257. The number of amides is 1. The molecule has 0 aliphatic heterocycles. The molecule has 0 saturated heterocycles. The first-order valence-corrected chi connectivity index (χ1v) is 11.7. The summed E-state index contributed by atoms with van der Waals surface area (Å²) >= 11 is 0. The fourth-order valence-corrected chi connectivity index (χ4v) is 3.76. The highest BCUT2D eigenvalue weighted by atomic mass is 19.4. The highest BCUT2D eigenvalue weighted by Crippen LogP contribution is 2.40. The molecule has 2 atom stereocenters. The Bertz CT molecular complexity index is 1500. The Morgan fingerprint density at radius 2 is 1.90 bits per heavy atom. The van der Waals surface area contributed by atoms with Gasteiger partial charge in [-0.15, -0.1) is 0 Å². The van der Waals surface area contributed by atoms with Gasteiger partial charge in [0, 0.05) is 34.8 Å². The summed E-state index contributed by atoms with van der Waals surface area (Å²) in [5, 5.41) is 25.2. The molecule has 4 rings (SSSR count). The van der Waals surface area contributed by atoms with Crippen molar-refractivity contribution in [1.82, 2.24) is 20.0 Å². The maximum absolute atomic E-state index is 13.7. The van der Waals surface area contributed by atoms with Gasteiger partial charge in [0.05, 0.1) is 18.3 Å². The number of hydrogen-bond acceptors (Lipinski definition) is 7. The van der Waals surface area contributed by atoms with Crippen molar-refractivity contribution in [3.63, 3.8) is 0 Å². The molecule has 0 bridgehead atoms. The van der Waals surface area contributed by atoms with Crippen LogP contribution in [0.5, 0.6) is 5.75 Å². The zero-order chi connectivity index (χ0) is 29.2. The lowest BCUT2D eigenvalue weighted by atomic mass is 10.1. The summed E-state index contributed by atoms with van der Waals surface area (Å²) in [5.41, 5.74) is -0.590. The molecule has 0 fully saturated rings. The van der Waals surface area contributed by atoms with Gasteiger partial charge in [0.25, 0.3) is 5.89 Å². The number of fused-ring (bicyclic) bond motifs is 1. The maximum Gasteiger partial charge on any atom is 0.425 e. The van der Waals surface area contributed by atoms with Crippen LogP contribution in [-0.4, -0.2) is 62.4 Å². The number of aliphatic hydroxyl groups is 2. The minimum absolute atomic E-state index is 0.0217. The molecular formula is C25H22F6N4O5. The van der Waals surface area contributed by atoms with Gasteiger partial charge in [-0.05, 0) is 37.3 Å². The van der Waals surface area contributed by atoms with Gasteiger partial charge in [0.2, 0.25) is 11.7 Å². The van der Waals surface area contributed by atoms with E-state index in [4.69, 9.17) is 9.63 Å². The van der Waals surface area contributed by atoms with Crippen molar-refractivity contribution in [1.29, 1.82) is 0 Å². The third-order valence-electron chi connectivity index (χ3n) is 5.84. The molecule has 2 aromatic carbocycles. The summed E-state index contributed by atoms with van der Waals surface area (Å²) in [6.07, 6.45) is -11.8. The molecule has 0 spiro atoms. The van der Waals surface area contributed by atoms with E-state index < -0.39 is 48.4 Å². The fraction of sp³-hybridized carbons (Fsp3) is 0.320. The Kier molecular flexibility index (Phi) is 8.07. The first kappa shape index (κ1) is 28.9. The lowest BCUT2D eigenvalue weighted by Gasteiger charge is -2.20. The predicted molar refractivity (Wildman–Crippen MR) is 128 cm³/mol. The number of alkyl halides is 6. The van der Waals surface area contributed by atoms with E-state index in [0.29, 0.717) is 29.5 Å². The third kappa shape index (κ3) is 6.37. The Labute approximate surface area is 222 Å². The van der Waals surface area contributed by atoms with Gasteiger partial charge in [-0.25, -0.2) is 0 Å². The zero-order valence-electron chi connectivity index (χ0n) is 20.6. The van der Waals surface area contributed by atoms with E-state index in [-0.39, 0.29) is 30.4 Å². The van der Waals surface area contributed by atoms with Crippen molar-refractivity contribution in [2.45, 2.75) is 38.0 Å². The number of aliphatic hydroxyl groups excluding tert-OH is 2. The van der Waals surface area contributed by atoms with Crippen LogP contribution in [0.25, 0.3) is 33.7 Å². The van der Waals surface area contributed by atoms with Crippen molar-refractivity contribution in [2.24, 2.45) is 0 Å². The second kappa shape index (κ2) is 11.2. The number of halogens is 6. The molecule has 214 valence electrons. The van der Waals surface area contributed by atoms with Crippen molar-refractivity contribution in [3.05, 3.63) is 54.2 Å². The number of nitrogens with one attached hydrogen (secondary N) is 1. The van der Waals surface area contributed by atoms with Gasteiger partial charge >= 0.3 is 12.4 Å². The summed E-state index contributed by atoms with van der Waals surface area (Å²) in [6, 6.07) is 9.07. The molecule has 15 heteroatoms. The highest BCUT2D eigenvalue weighted by molar-refractivity contribution is 5.94. The van der Waals surface area contributed by atoms with Crippen molar-refractivity contribution >= 4 is 16.8 Å². The molecule has 1 amide bonds. The lowest BCUT2D eigenvalue weighted by molar-refractivity contribution is -0.191. The molecular weight excluding hydrogens is 550 g/mol. The van der Waals surface area contributed by atoms with Crippen LogP contribution >= 0.6 is 0 Å². The molecule has 2 aromatic heterocycles. The van der Waals surface area contributed by atoms with Crippen molar-refractivity contribution in [3.8, 4) is 28.6 Å². The van der Waals surface area contributed by atoms with Gasteiger partial charge in [-0.3, -0.25) is 4.79 Å². The van der Waals surface area contributed by atoms with E-state index in [9.17, 15) is 36.2 Å². The predicted octanol–water partition coefficient (Wildman–Crippen LogP) is 4.18. The average Bonchev–Trinajstić information content (AvgIpc) is 3.54. The van der Waals surface area contributed by atoms with E-state index in [1.807, 2.05) is 0 Å². The van der Waals surface area contributed by atoms with Crippen molar-refractivity contribution in [2.75, 3.05) is 13.2 Å². The summed E-state index contributed by atoms with van der Waals surface area (Å²) in [6.45, 7) is -0.143. The molecule has 40 heavy (non-hydrogen) atoms. The summed E-state index contributed by atoms with van der Waals surface area (Å²) in [5.74, 6) is -1.71. The van der Waals surface area contributed by atoms with Gasteiger partial charge in [0.15, 0.2) is 6.10 Å². The highest BCUT2D eigenvalue weighted by Gasteiger charge is 2.41. The van der Waals surface area contributed by atoms with Crippen LogP contribution in [0.3, 0.4) is 0 Å². The molecule has 9 nitrogen and oxygen atoms in total. The van der Waals surface area contributed by atoms with Gasteiger partial charge in [-0.1, -0.05) is 17.3 Å². The monoisotopic (exact) mass is 572 g/mol. The average molecular weight is 572 g/mol. The number of benzene rings is 2. The molecule has 0 radical (unpaired) electrons. The number of carbonyl (C=O) groups is 1. The number of carbonyl (C=O) groups excluding carboxylic acids is 1. The second-order valence-electron chi connectivity index (χ2n) is 8.76. The summed E-state index contributed by atoms with van der Waals surface area (Å²) in [4.78, 5) is 16.4. The van der Waals surface area contributed by atoms with Crippen LogP contribution < -0.4 is 10.1 Å². The van der Waals surface area contributed by atoms with Crippen LogP contribution in [0.4, 0.5) is 26.3 Å². The smallest absolute Gasteiger partial charge is 0.425 e. The molecule has 4 aromatic rings. The van der Waals surface area contributed by atoms with Gasteiger partial charge in [0.1, 0.15) is 12.3 Å². The molecule has 2 unspecified atom stereocenters. The first-order valence-electron chi connectivity index (χ1n) is 11.7. The number of ether oxygens (including phenoxy) is 1. The minimum Gasteiger partial charge on any atom is -0.481 e. The molecule has 0 aliphatic carbocycles. The van der Waals surface area contributed by atoms with Crippen LogP contribution in [0.1, 0.15) is 12.5 Å². The first-order chi connectivity index (χ1) is 18.8. The fourth-order valence-electron chi connectivity index (χ4n) is 3.76. The van der Waals surface area contributed by atoms with E-state index in [1.165, 1.54) is 0 Å². The van der Waals surface area contributed by atoms with Crippen LogP contribution in [0, 0.1) is 0 Å². The van der Waals surface area contributed by atoms with Gasteiger partial charge < -0.3 is 29.4 Å². The number of rotatable bonds is 9. The zero-order valence-corrected chi connectivity index (χ0v) is 20.6. The van der Waals surface area contributed by atoms with Crippen LogP contribution in [0.2, 0.25) is 0 Å². The summed E-state index contributed by atoms with van der Waals surface area (Å²) < 4.78 is 90.8. The van der Waals surface area contributed by atoms with E-state index >= 15 is 0 Å². The number of hydrogen-bond donors (Lipinski definition) is 3. The molecule has 0 saturated carbocycles. The summed E-state index contributed by atoms with van der Waals surface area (Å²) in [7, 11) is 0. The number of aromatic nitrogens is 3. The SMILES string of the molecule is CC(Oc1ccc(-c2nc(-c3cccc4c3ccn4CC(=O)NCC(O)CO)no2)cc1C(F)(F)F)C(F)(F)F. The Morgan fingerprint density at radius 3 is 2.58 bits per heavy atom. The second-order valence-corrected chi connectivity index (χ2v) is 8.76. The third-order valence-corrected chi connectivity index (χ3v) is 5.84. The molecule has 0 aliphatic rings. The normalized spacial score (nSPS) is 13.8. The molecule has 2 heterocycles. The largest absolute Gasteiger partial charge is 0.481 e. The van der Waals surface area contributed by atoms with E-state index in [2.05, 4.69) is 20.2 Å². The van der Waals surface area contributed by atoms with Crippen LogP contribution in [0.15, 0.2) is 53.2 Å². The standard InChI is InChI=1S/C25H22F6N4O5/c1-13(24(26,27)28)39-20-6-5-14(9-18(20)25(29,30)31)23-33-22(34-40-23)17-3-2-4-19-16(17)7-8-35(19)11-21(38)32-10-15(37)12-36/h2-9,13,15,36-37H,10-12H2,1H3,(H,32,38). The van der Waals surface area contributed by atoms with Gasteiger partial charge in [-0.2, -0.15) is 31.3 Å². The van der Waals surface area contributed by atoms with Crippen molar-refractivity contribution < 1.29 is 50.6 Å². The topological polar surface area (TPSA) is 123 Å². The van der Waals surface area contributed by atoms with Crippen LogP contribution in [-0.2, 0) is 17.5 Å².